The first-order valence-electron chi connectivity index (χ1n) is 5.32. The van der Waals surface area contributed by atoms with Gasteiger partial charge in [0.15, 0.2) is 0 Å². The van der Waals surface area contributed by atoms with Gasteiger partial charge in [-0.15, -0.1) is 0 Å². The van der Waals surface area contributed by atoms with Crippen LogP contribution in [0.2, 0.25) is 0 Å². The quantitative estimate of drug-likeness (QED) is 0.737. The van der Waals surface area contributed by atoms with E-state index < -0.39 is 0 Å². The number of aromatic amines is 1. The van der Waals surface area contributed by atoms with Crippen LogP contribution < -0.4 is 10.9 Å². The Bertz CT molecular complexity index is 537. The molecule has 1 aromatic carbocycles. The zero-order valence-electron chi connectivity index (χ0n) is 9.18. The number of hydrogen-bond donors (Lipinski definition) is 3. The second-order valence-electron chi connectivity index (χ2n) is 3.61. The lowest BCUT2D eigenvalue weighted by Gasteiger charge is -2.05. The molecule has 2 aromatic rings. The zero-order valence-corrected chi connectivity index (χ0v) is 9.18. The maximum atomic E-state index is 11.0. The van der Waals surface area contributed by atoms with Crippen molar-refractivity contribution in [1.82, 2.24) is 9.97 Å². The van der Waals surface area contributed by atoms with Gasteiger partial charge in [0.1, 0.15) is 0 Å². The van der Waals surface area contributed by atoms with E-state index in [1.165, 1.54) is 5.56 Å². The minimum atomic E-state index is -0.375. The average molecular weight is 231 g/mol. The highest BCUT2D eigenvalue weighted by Crippen LogP contribution is 2.03. The molecule has 0 radical (unpaired) electrons. The maximum Gasteiger partial charge on any atom is 0.256 e. The summed E-state index contributed by atoms with van der Waals surface area (Å²) in [7, 11) is 0. The first-order valence-corrected chi connectivity index (χ1v) is 5.32. The van der Waals surface area contributed by atoms with Crippen LogP contribution in [0.15, 0.2) is 41.2 Å². The molecule has 0 saturated heterocycles. The molecule has 0 unspecified atom stereocenters. The normalized spacial score (nSPS) is 10.1. The van der Waals surface area contributed by atoms with Crippen molar-refractivity contribution >= 4 is 5.95 Å². The molecular formula is C12H13N3O2. The van der Waals surface area contributed by atoms with Gasteiger partial charge >= 0.3 is 0 Å². The van der Waals surface area contributed by atoms with Crippen LogP contribution in [0.3, 0.4) is 0 Å². The van der Waals surface area contributed by atoms with Crippen LogP contribution in [0.25, 0.3) is 0 Å². The molecule has 0 amide bonds. The first kappa shape index (κ1) is 11.2. The average Bonchev–Trinajstić information content (AvgIpc) is 2.29. The number of aromatic nitrogens is 2. The van der Waals surface area contributed by atoms with Crippen molar-refractivity contribution in [2.75, 3.05) is 11.9 Å². The highest BCUT2D eigenvalue weighted by atomic mass is 16.3. The van der Waals surface area contributed by atoms with Crippen molar-refractivity contribution in [2.45, 2.75) is 6.42 Å². The van der Waals surface area contributed by atoms with E-state index in [0.29, 0.717) is 6.54 Å². The fourth-order valence-electron chi connectivity index (χ4n) is 1.50. The Balaban J connectivity index is 1.92. The Kier molecular flexibility index (Phi) is 3.40. The molecular weight excluding hydrogens is 218 g/mol. The predicted octanol–water partition coefficient (Wildman–Crippen LogP) is 1.13. The van der Waals surface area contributed by atoms with Crippen LogP contribution in [0.1, 0.15) is 5.56 Å². The van der Waals surface area contributed by atoms with Gasteiger partial charge in [0.2, 0.25) is 11.8 Å². The van der Waals surface area contributed by atoms with Gasteiger partial charge in [-0.3, -0.25) is 9.78 Å². The summed E-state index contributed by atoms with van der Waals surface area (Å²) in [5.74, 6) is 0.00175. The van der Waals surface area contributed by atoms with Crippen molar-refractivity contribution in [1.29, 1.82) is 0 Å². The highest BCUT2D eigenvalue weighted by molar-refractivity contribution is 5.27. The van der Waals surface area contributed by atoms with E-state index in [1.807, 2.05) is 30.3 Å². The van der Waals surface area contributed by atoms with Gasteiger partial charge in [0.05, 0.1) is 6.07 Å². The molecule has 5 heteroatoms. The summed E-state index contributed by atoms with van der Waals surface area (Å²) >= 11 is 0. The van der Waals surface area contributed by atoms with E-state index in [4.69, 9.17) is 5.11 Å². The maximum absolute atomic E-state index is 11.0. The zero-order chi connectivity index (χ0) is 12.1. The predicted molar refractivity (Wildman–Crippen MR) is 65.2 cm³/mol. The van der Waals surface area contributed by atoms with E-state index in [-0.39, 0.29) is 17.4 Å². The molecule has 17 heavy (non-hydrogen) atoms. The van der Waals surface area contributed by atoms with E-state index >= 15 is 0 Å². The van der Waals surface area contributed by atoms with Crippen molar-refractivity contribution in [3.05, 3.63) is 52.3 Å². The van der Waals surface area contributed by atoms with E-state index in [0.717, 1.165) is 12.5 Å². The summed E-state index contributed by atoms with van der Waals surface area (Å²) in [6, 6.07) is 11.0. The number of hydrogen-bond acceptors (Lipinski definition) is 4. The summed E-state index contributed by atoms with van der Waals surface area (Å²) in [5, 5.41) is 12.1. The minimum Gasteiger partial charge on any atom is -0.493 e. The Morgan fingerprint density at radius 3 is 2.76 bits per heavy atom. The Labute approximate surface area is 98.2 Å². The number of H-pyrrole nitrogens is 1. The standard InChI is InChI=1S/C12H13N3O2/c16-10-8-11(17)15-12(14-10)13-7-6-9-4-2-1-3-5-9/h1-5,8H,6-7H2,(H3,13,14,15,16,17). The summed E-state index contributed by atoms with van der Waals surface area (Å²) in [6.07, 6.45) is 0.820. The fourth-order valence-corrected chi connectivity index (χ4v) is 1.50. The number of benzene rings is 1. The van der Waals surface area contributed by atoms with Crippen LogP contribution in [0, 0.1) is 0 Å². The van der Waals surface area contributed by atoms with Gasteiger partial charge in [-0.2, -0.15) is 4.98 Å². The van der Waals surface area contributed by atoms with Crippen molar-refractivity contribution < 1.29 is 5.11 Å². The van der Waals surface area contributed by atoms with E-state index in [2.05, 4.69) is 15.3 Å². The number of nitrogens with zero attached hydrogens (tertiary/aromatic N) is 1. The molecule has 1 aromatic heterocycles. The Hall–Kier alpha value is -2.30. The molecule has 0 aliphatic rings. The van der Waals surface area contributed by atoms with Crippen molar-refractivity contribution in [3.63, 3.8) is 0 Å². The summed E-state index contributed by atoms with van der Waals surface area (Å²) in [5.41, 5.74) is 0.821. The molecule has 0 aliphatic carbocycles. The van der Waals surface area contributed by atoms with Crippen LogP contribution >= 0.6 is 0 Å². The van der Waals surface area contributed by atoms with Gasteiger partial charge in [0, 0.05) is 6.54 Å². The first-order chi connectivity index (χ1) is 8.24. The SMILES string of the molecule is O=c1cc(O)nc(NCCc2ccccc2)[nH]1. The van der Waals surface area contributed by atoms with Crippen LogP contribution in [-0.4, -0.2) is 21.6 Å². The van der Waals surface area contributed by atoms with Crippen LogP contribution in [0.4, 0.5) is 5.95 Å². The van der Waals surface area contributed by atoms with Crippen molar-refractivity contribution in [2.24, 2.45) is 0 Å². The monoisotopic (exact) mass is 231 g/mol. The number of nitrogens with one attached hydrogen (secondary N) is 2. The molecule has 2 rings (SSSR count). The largest absolute Gasteiger partial charge is 0.493 e. The highest BCUT2D eigenvalue weighted by Gasteiger charge is 1.98. The van der Waals surface area contributed by atoms with Crippen molar-refractivity contribution in [3.8, 4) is 5.88 Å². The van der Waals surface area contributed by atoms with Crippen LogP contribution in [0.5, 0.6) is 5.88 Å². The molecule has 0 aliphatic heterocycles. The molecule has 0 bridgehead atoms. The molecule has 0 fully saturated rings. The van der Waals surface area contributed by atoms with E-state index in [9.17, 15) is 4.79 Å². The van der Waals surface area contributed by atoms with Gasteiger partial charge in [-0.25, -0.2) is 0 Å². The summed E-state index contributed by atoms with van der Waals surface area (Å²) in [4.78, 5) is 17.3. The van der Waals surface area contributed by atoms with Gasteiger partial charge < -0.3 is 10.4 Å². The second kappa shape index (κ2) is 5.16. The van der Waals surface area contributed by atoms with Gasteiger partial charge in [-0.1, -0.05) is 30.3 Å². The molecule has 5 nitrogen and oxygen atoms in total. The number of rotatable bonds is 4. The topological polar surface area (TPSA) is 78.0 Å². The smallest absolute Gasteiger partial charge is 0.256 e. The second-order valence-corrected chi connectivity index (χ2v) is 3.61. The fraction of sp³-hybridized carbons (Fsp3) is 0.167. The summed E-state index contributed by atoms with van der Waals surface area (Å²) in [6.45, 7) is 0.635. The Morgan fingerprint density at radius 2 is 2.06 bits per heavy atom. The van der Waals surface area contributed by atoms with Gasteiger partial charge in [-0.05, 0) is 12.0 Å². The molecule has 88 valence electrons. The number of anilines is 1. The molecule has 0 saturated carbocycles. The Morgan fingerprint density at radius 1 is 1.29 bits per heavy atom. The van der Waals surface area contributed by atoms with E-state index in [1.54, 1.807) is 0 Å². The summed E-state index contributed by atoms with van der Waals surface area (Å²) < 4.78 is 0. The molecule has 0 spiro atoms. The lowest BCUT2D eigenvalue weighted by atomic mass is 10.1. The third-order valence-electron chi connectivity index (χ3n) is 2.28. The third-order valence-corrected chi connectivity index (χ3v) is 2.28. The third kappa shape index (κ3) is 3.34. The molecule has 1 heterocycles. The molecule has 3 N–H and O–H groups in total. The lowest BCUT2D eigenvalue weighted by Crippen LogP contribution is -2.13. The van der Waals surface area contributed by atoms with Gasteiger partial charge in [0.25, 0.3) is 5.56 Å². The minimum absolute atomic E-state index is 0.282. The number of aromatic hydroxyl groups is 1. The molecule has 0 atom stereocenters. The lowest BCUT2D eigenvalue weighted by molar-refractivity contribution is 0.452. The van der Waals surface area contributed by atoms with Crippen LogP contribution in [-0.2, 0) is 6.42 Å².